The lowest BCUT2D eigenvalue weighted by Gasteiger charge is -2.08. The van der Waals surface area contributed by atoms with E-state index >= 15 is 0 Å². The largest absolute Gasteiger partial charge is 0.379 e. The first kappa shape index (κ1) is 24.5. The molecule has 0 rings (SSSR count). The van der Waals surface area contributed by atoms with E-state index in [0.29, 0.717) is 72.7 Å². The summed E-state index contributed by atoms with van der Waals surface area (Å²) in [5, 5.41) is 0. The van der Waals surface area contributed by atoms with E-state index in [2.05, 4.69) is 33.3 Å². The zero-order valence-corrected chi connectivity index (χ0v) is 17.1. The Bertz CT molecular complexity index is 205. The van der Waals surface area contributed by atoms with Gasteiger partial charge in [0, 0.05) is 36.0 Å². The summed E-state index contributed by atoms with van der Waals surface area (Å²) >= 11 is 2.09. The number of hydrogen-bond donors (Lipinski definition) is 1. The summed E-state index contributed by atoms with van der Waals surface area (Å²) < 4.78 is 35.3. The molecular formula is C16H34INO6. The van der Waals surface area contributed by atoms with Crippen molar-refractivity contribution in [2.75, 3.05) is 85.8 Å². The number of unbranched alkanes of at least 4 members (excludes halogenated alkanes) is 1. The number of ether oxygens (including phenoxy) is 6. The average Bonchev–Trinajstić information content (AvgIpc) is 2.60. The van der Waals surface area contributed by atoms with E-state index in [4.69, 9.17) is 28.4 Å². The van der Waals surface area contributed by atoms with Crippen LogP contribution < -0.4 is 3.53 Å². The zero-order valence-electron chi connectivity index (χ0n) is 14.9. The number of hydrogen-bond acceptors (Lipinski definition) is 7. The van der Waals surface area contributed by atoms with Crippen LogP contribution in [0.5, 0.6) is 0 Å². The molecule has 0 fully saturated rings. The lowest BCUT2D eigenvalue weighted by molar-refractivity contribution is -0.0165. The maximum atomic E-state index is 5.40. The lowest BCUT2D eigenvalue weighted by atomic mass is 10.4. The molecule has 0 aromatic carbocycles. The number of nitrogens with one attached hydrogen (secondary N) is 1. The Kier molecular flexibility index (Phi) is 23.9. The monoisotopic (exact) mass is 463 g/mol. The molecule has 0 aliphatic heterocycles. The van der Waals surface area contributed by atoms with E-state index in [9.17, 15) is 0 Å². The highest BCUT2D eigenvalue weighted by molar-refractivity contribution is 14.1. The highest BCUT2D eigenvalue weighted by atomic mass is 127. The second-order valence-electron chi connectivity index (χ2n) is 4.91. The molecule has 0 saturated heterocycles. The van der Waals surface area contributed by atoms with Crippen LogP contribution in [-0.2, 0) is 28.4 Å². The lowest BCUT2D eigenvalue weighted by Crippen LogP contribution is -2.15. The highest BCUT2D eigenvalue weighted by Gasteiger charge is 1.94. The fraction of sp³-hybridized carbons (Fsp3) is 1.00. The van der Waals surface area contributed by atoms with Crippen LogP contribution in [0.25, 0.3) is 0 Å². The van der Waals surface area contributed by atoms with Gasteiger partial charge in [-0.15, -0.1) is 0 Å². The SMILES string of the molecule is CCCCOCCOCCOCCOCCOCCOCCNI. The Morgan fingerprint density at radius 3 is 1.21 bits per heavy atom. The smallest absolute Gasteiger partial charge is 0.0701 e. The van der Waals surface area contributed by atoms with Crippen molar-refractivity contribution in [1.82, 2.24) is 3.53 Å². The standard InChI is InChI=1S/C16H34INO6/c1-2-3-5-19-7-9-21-11-13-23-15-16-24-14-12-22-10-8-20-6-4-18-17/h18H,2-16H2,1H3. The van der Waals surface area contributed by atoms with E-state index in [-0.39, 0.29) is 0 Å². The molecule has 146 valence electrons. The Labute approximate surface area is 160 Å². The Balaban J connectivity index is 2.93. The van der Waals surface area contributed by atoms with E-state index in [1.54, 1.807) is 0 Å². The summed E-state index contributed by atoms with van der Waals surface area (Å²) in [7, 11) is 0. The molecule has 0 spiro atoms. The molecule has 0 bridgehead atoms. The van der Waals surface area contributed by atoms with E-state index in [0.717, 1.165) is 26.0 Å². The molecule has 0 atom stereocenters. The molecule has 0 amide bonds. The van der Waals surface area contributed by atoms with Crippen molar-refractivity contribution in [2.24, 2.45) is 0 Å². The zero-order chi connectivity index (χ0) is 17.6. The molecule has 7 nitrogen and oxygen atoms in total. The Morgan fingerprint density at radius 2 is 0.875 bits per heavy atom. The first-order valence-corrected chi connectivity index (χ1v) is 9.79. The van der Waals surface area contributed by atoms with Gasteiger partial charge in [0.25, 0.3) is 0 Å². The van der Waals surface area contributed by atoms with Gasteiger partial charge in [0.05, 0.1) is 72.7 Å². The first-order chi connectivity index (χ1) is 11.9. The van der Waals surface area contributed by atoms with Crippen molar-refractivity contribution in [3.05, 3.63) is 0 Å². The maximum Gasteiger partial charge on any atom is 0.0701 e. The number of rotatable bonds is 21. The van der Waals surface area contributed by atoms with Crippen molar-refractivity contribution >= 4 is 22.9 Å². The molecule has 0 saturated carbocycles. The minimum absolute atomic E-state index is 0.571. The van der Waals surface area contributed by atoms with Gasteiger partial charge in [0.1, 0.15) is 0 Å². The second kappa shape index (κ2) is 23.4. The highest BCUT2D eigenvalue weighted by Crippen LogP contribution is 1.88. The summed E-state index contributed by atoms with van der Waals surface area (Å²) in [6, 6.07) is 0. The molecule has 0 aromatic heterocycles. The summed E-state index contributed by atoms with van der Waals surface area (Å²) in [6.45, 7) is 10.5. The quantitative estimate of drug-likeness (QED) is 0.158. The van der Waals surface area contributed by atoms with Gasteiger partial charge in [-0.1, -0.05) is 13.3 Å². The molecule has 24 heavy (non-hydrogen) atoms. The Hall–Kier alpha value is 0.450. The van der Waals surface area contributed by atoms with Gasteiger partial charge in [-0.3, -0.25) is 3.53 Å². The van der Waals surface area contributed by atoms with Crippen LogP contribution in [0, 0.1) is 0 Å². The van der Waals surface area contributed by atoms with Gasteiger partial charge in [-0.25, -0.2) is 0 Å². The average molecular weight is 463 g/mol. The molecule has 0 aliphatic carbocycles. The van der Waals surface area contributed by atoms with E-state index < -0.39 is 0 Å². The summed E-state index contributed by atoms with van der Waals surface area (Å²) in [4.78, 5) is 0. The van der Waals surface area contributed by atoms with Gasteiger partial charge in [0.15, 0.2) is 0 Å². The maximum absolute atomic E-state index is 5.40. The van der Waals surface area contributed by atoms with Gasteiger partial charge >= 0.3 is 0 Å². The minimum Gasteiger partial charge on any atom is -0.379 e. The minimum atomic E-state index is 0.571. The fourth-order valence-electron chi connectivity index (χ4n) is 1.56. The van der Waals surface area contributed by atoms with Crippen molar-refractivity contribution < 1.29 is 28.4 Å². The molecule has 0 aliphatic rings. The topological polar surface area (TPSA) is 67.4 Å². The molecule has 0 aromatic rings. The van der Waals surface area contributed by atoms with Gasteiger partial charge < -0.3 is 28.4 Å². The number of halogens is 1. The molecule has 0 heterocycles. The van der Waals surface area contributed by atoms with Crippen LogP contribution in [0.4, 0.5) is 0 Å². The third-order valence-corrected chi connectivity index (χ3v) is 3.38. The van der Waals surface area contributed by atoms with Gasteiger partial charge in [-0.05, 0) is 6.42 Å². The second-order valence-corrected chi connectivity index (χ2v) is 5.67. The third kappa shape index (κ3) is 22.4. The van der Waals surface area contributed by atoms with Crippen LogP contribution in [0.1, 0.15) is 19.8 Å². The van der Waals surface area contributed by atoms with E-state index in [1.807, 2.05) is 0 Å². The molecule has 0 radical (unpaired) electrons. The first-order valence-electron chi connectivity index (χ1n) is 8.71. The molecular weight excluding hydrogens is 429 g/mol. The van der Waals surface area contributed by atoms with Crippen molar-refractivity contribution in [3.63, 3.8) is 0 Å². The predicted molar refractivity (Wildman–Crippen MR) is 102 cm³/mol. The third-order valence-electron chi connectivity index (χ3n) is 2.84. The summed E-state index contributed by atoms with van der Waals surface area (Å²) in [5.41, 5.74) is 0. The summed E-state index contributed by atoms with van der Waals surface area (Å²) in [6.07, 6.45) is 2.27. The van der Waals surface area contributed by atoms with Crippen LogP contribution >= 0.6 is 22.9 Å². The Morgan fingerprint density at radius 1 is 0.542 bits per heavy atom. The van der Waals surface area contributed by atoms with Crippen molar-refractivity contribution in [1.29, 1.82) is 0 Å². The van der Waals surface area contributed by atoms with Crippen LogP contribution in [0.3, 0.4) is 0 Å². The normalized spacial score (nSPS) is 11.2. The van der Waals surface area contributed by atoms with Crippen molar-refractivity contribution in [3.8, 4) is 0 Å². The predicted octanol–water partition coefficient (Wildman–Crippen LogP) is 1.83. The van der Waals surface area contributed by atoms with Crippen LogP contribution in [0.15, 0.2) is 0 Å². The van der Waals surface area contributed by atoms with E-state index in [1.165, 1.54) is 0 Å². The van der Waals surface area contributed by atoms with Crippen LogP contribution in [-0.4, -0.2) is 85.8 Å². The van der Waals surface area contributed by atoms with Gasteiger partial charge in [0.2, 0.25) is 0 Å². The molecule has 8 heteroatoms. The molecule has 1 N–H and O–H groups in total. The van der Waals surface area contributed by atoms with Crippen LogP contribution in [0.2, 0.25) is 0 Å². The summed E-state index contributed by atoms with van der Waals surface area (Å²) in [5.74, 6) is 0. The van der Waals surface area contributed by atoms with Crippen molar-refractivity contribution in [2.45, 2.75) is 19.8 Å². The molecule has 0 unspecified atom stereocenters. The van der Waals surface area contributed by atoms with Gasteiger partial charge in [-0.2, -0.15) is 0 Å². The fourth-order valence-corrected chi connectivity index (χ4v) is 1.78.